The molecule has 0 spiro atoms. The van der Waals surface area contributed by atoms with Gasteiger partial charge in [0.25, 0.3) is 0 Å². The van der Waals surface area contributed by atoms with Crippen LogP contribution in [0, 0.1) is 11.7 Å². The lowest BCUT2D eigenvalue weighted by Gasteiger charge is -2.38. The molecule has 2 nitrogen and oxygen atoms in total. The Morgan fingerprint density at radius 1 is 1.30 bits per heavy atom. The van der Waals surface area contributed by atoms with Crippen molar-refractivity contribution in [1.82, 2.24) is 4.90 Å². The van der Waals surface area contributed by atoms with Crippen molar-refractivity contribution in [2.45, 2.75) is 44.7 Å². The fourth-order valence-electron chi connectivity index (χ4n) is 3.89. The number of nitrogens with zero attached hydrogens (tertiary/aromatic N) is 1. The van der Waals surface area contributed by atoms with E-state index in [4.69, 9.17) is 18.0 Å². The van der Waals surface area contributed by atoms with Crippen LogP contribution in [-0.2, 0) is 6.54 Å². The molecule has 0 bridgehead atoms. The molecule has 2 aliphatic rings. The average Bonchev–Trinajstić information content (AvgIpc) is 2.90. The van der Waals surface area contributed by atoms with Gasteiger partial charge in [-0.2, -0.15) is 0 Å². The van der Waals surface area contributed by atoms with Gasteiger partial charge in [0, 0.05) is 18.2 Å². The Morgan fingerprint density at radius 3 is 2.90 bits per heavy atom. The largest absolute Gasteiger partial charge is 0.389 e. The minimum absolute atomic E-state index is 0.270. The standard InChI is InChI=1S/C16H21FN2S/c17-13-7-6-12(14(9-13)16(18)20)10-19-8-2-4-11-3-1-5-15(11)19/h6-7,9,11,15H,1-5,8,10H2,(H2,18,20). The lowest BCUT2D eigenvalue weighted by molar-refractivity contribution is 0.106. The second-order valence-corrected chi connectivity index (χ2v) is 6.48. The van der Waals surface area contributed by atoms with Crippen molar-refractivity contribution in [3.05, 3.63) is 35.1 Å². The predicted molar refractivity (Wildman–Crippen MR) is 83.1 cm³/mol. The third kappa shape index (κ3) is 2.72. The van der Waals surface area contributed by atoms with Crippen LogP contribution in [0.5, 0.6) is 0 Å². The predicted octanol–water partition coefficient (Wildman–Crippen LogP) is 3.22. The third-order valence-corrected chi connectivity index (χ3v) is 5.04. The van der Waals surface area contributed by atoms with Crippen molar-refractivity contribution in [3.63, 3.8) is 0 Å². The molecule has 1 aliphatic carbocycles. The molecule has 2 fully saturated rings. The molecule has 1 saturated carbocycles. The highest BCUT2D eigenvalue weighted by Crippen LogP contribution is 2.37. The minimum atomic E-state index is -0.270. The maximum Gasteiger partial charge on any atom is 0.123 e. The van der Waals surface area contributed by atoms with E-state index in [1.807, 2.05) is 6.07 Å². The highest BCUT2D eigenvalue weighted by atomic mass is 32.1. The zero-order chi connectivity index (χ0) is 14.1. The highest BCUT2D eigenvalue weighted by Gasteiger charge is 2.34. The van der Waals surface area contributed by atoms with E-state index < -0.39 is 0 Å². The van der Waals surface area contributed by atoms with Gasteiger partial charge in [0.1, 0.15) is 10.8 Å². The summed E-state index contributed by atoms with van der Waals surface area (Å²) in [6.45, 7) is 1.98. The molecule has 1 saturated heterocycles. The lowest BCUT2D eigenvalue weighted by Crippen LogP contribution is -2.42. The van der Waals surface area contributed by atoms with Gasteiger partial charge in [0.2, 0.25) is 0 Å². The zero-order valence-electron chi connectivity index (χ0n) is 11.6. The van der Waals surface area contributed by atoms with Crippen LogP contribution in [0.1, 0.15) is 43.2 Å². The van der Waals surface area contributed by atoms with Gasteiger partial charge in [-0.15, -0.1) is 0 Å². The first-order valence-corrected chi connectivity index (χ1v) is 7.88. The smallest absolute Gasteiger partial charge is 0.123 e. The number of rotatable bonds is 3. The number of benzene rings is 1. The summed E-state index contributed by atoms with van der Waals surface area (Å²) in [5.41, 5.74) is 7.50. The van der Waals surface area contributed by atoms with Crippen molar-refractivity contribution < 1.29 is 4.39 Å². The van der Waals surface area contributed by atoms with E-state index >= 15 is 0 Å². The van der Waals surface area contributed by atoms with Crippen molar-refractivity contribution in [1.29, 1.82) is 0 Å². The van der Waals surface area contributed by atoms with Crippen molar-refractivity contribution in [3.8, 4) is 0 Å². The van der Waals surface area contributed by atoms with Crippen LogP contribution in [0.3, 0.4) is 0 Å². The number of hydrogen-bond donors (Lipinski definition) is 1. The van der Waals surface area contributed by atoms with Gasteiger partial charge >= 0.3 is 0 Å². The van der Waals surface area contributed by atoms with Crippen molar-refractivity contribution >= 4 is 17.2 Å². The second kappa shape index (κ2) is 5.78. The molecule has 1 aromatic rings. The fourth-order valence-corrected chi connectivity index (χ4v) is 4.08. The quantitative estimate of drug-likeness (QED) is 0.867. The second-order valence-electron chi connectivity index (χ2n) is 6.04. The zero-order valence-corrected chi connectivity index (χ0v) is 12.5. The molecule has 2 atom stereocenters. The van der Waals surface area contributed by atoms with Gasteiger partial charge in [-0.3, -0.25) is 4.90 Å². The van der Waals surface area contributed by atoms with Crippen LogP contribution in [0.15, 0.2) is 18.2 Å². The van der Waals surface area contributed by atoms with Crippen molar-refractivity contribution in [2.75, 3.05) is 6.54 Å². The highest BCUT2D eigenvalue weighted by molar-refractivity contribution is 7.80. The van der Waals surface area contributed by atoms with Crippen LogP contribution in [0.4, 0.5) is 4.39 Å². The molecule has 20 heavy (non-hydrogen) atoms. The van der Waals surface area contributed by atoms with Gasteiger partial charge in [-0.05, 0) is 55.8 Å². The molecule has 3 rings (SSSR count). The summed E-state index contributed by atoms with van der Waals surface area (Å²) in [7, 11) is 0. The van der Waals surface area contributed by atoms with E-state index in [-0.39, 0.29) is 5.82 Å². The van der Waals surface area contributed by atoms with E-state index in [9.17, 15) is 4.39 Å². The Balaban J connectivity index is 1.82. The summed E-state index contributed by atoms with van der Waals surface area (Å²) in [4.78, 5) is 2.84. The van der Waals surface area contributed by atoms with Gasteiger partial charge in [0.05, 0.1) is 0 Å². The molecule has 0 radical (unpaired) electrons. The number of piperidine rings is 1. The lowest BCUT2D eigenvalue weighted by atomic mass is 9.91. The first kappa shape index (κ1) is 14.0. The van der Waals surface area contributed by atoms with Crippen LogP contribution in [-0.4, -0.2) is 22.5 Å². The van der Waals surface area contributed by atoms with E-state index in [0.717, 1.165) is 24.6 Å². The van der Waals surface area contributed by atoms with Gasteiger partial charge in [-0.1, -0.05) is 24.7 Å². The molecule has 4 heteroatoms. The Bertz CT molecular complexity index is 517. The third-order valence-electron chi connectivity index (χ3n) is 4.82. The number of halogens is 1. The van der Waals surface area contributed by atoms with Crippen LogP contribution >= 0.6 is 12.2 Å². The van der Waals surface area contributed by atoms with E-state index in [1.54, 1.807) is 0 Å². The van der Waals surface area contributed by atoms with E-state index in [0.29, 0.717) is 16.6 Å². The van der Waals surface area contributed by atoms with E-state index in [2.05, 4.69) is 4.90 Å². The average molecular weight is 292 g/mol. The van der Waals surface area contributed by atoms with Crippen LogP contribution in [0.2, 0.25) is 0 Å². The summed E-state index contributed by atoms with van der Waals surface area (Å²) >= 11 is 5.06. The summed E-state index contributed by atoms with van der Waals surface area (Å²) in [5.74, 6) is 0.589. The Hall–Kier alpha value is -1.00. The number of likely N-dealkylation sites (tertiary alicyclic amines) is 1. The summed E-state index contributed by atoms with van der Waals surface area (Å²) in [6, 6.07) is 5.51. The van der Waals surface area contributed by atoms with Gasteiger partial charge in [-0.25, -0.2) is 4.39 Å². The normalized spacial score (nSPS) is 26.4. The maximum absolute atomic E-state index is 13.4. The molecular weight excluding hydrogens is 271 g/mol. The molecule has 2 unspecified atom stereocenters. The van der Waals surface area contributed by atoms with E-state index in [1.165, 1.54) is 44.2 Å². The summed E-state index contributed by atoms with van der Waals surface area (Å²) in [5, 5.41) is 0. The Kier molecular flexibility index (Phi) is 4.03. The number of fused-ring (bicyclic) bond motifs is 1. The first-order chi connectivity index (χ1) is 9.65. The topological polar surface area (TPSA) is 29.3 Å². The molecule has 0 aromatic heterocycles. The van der Waals surface area contributed by atoms with Gasteiger partial charge in [0.15, 0.2) is 0 Å². The monoisotopic (exact) mass is 292 g/mol. The molecule has 1 heterocycles. The van der Waals surface area contributed by atoms with Gasteiger partial charge < -0.3 is 5.73 Å². The fraction of sp³-hybridized carbons (Fsp3) is 0.562. The Labute approximate surface area is 125 Å². The Morgan fingerprint density at radius 2 is 2.10 bits per heavy atom. The molecule has 1 aromatic carbocycles. The first-order valence-electron chi connectivity index (χ1n) is 7.47. The molecule has 0 amide bonds. The maximum atomic E-state index is 13.4. The SMILES string of the molecule is NC(=S)c1cc(F)ccc1CN1CCCC2CCCC21. The minimum Gasteiger partial charge on any atom is -0.389 e. The van der Waals surface area contributed by atoms with Crippen LogP contribution < -0.4 is 5.73 Å². The number of thiocarbonyl (C=S) groups is 1. The molecule has 2 N–H and O–H groups in total. The molecular formula is C16H21FN2S. The number of hydrogen-bond acceptors (Lipinski definition) is 2. The molecule has 108 valence electrons. The summed E-state index contributed by atoms with van der Waals surface area (Å²) < 4.78 is 13.4. The summed E-state index contributed by atoms with van der Waals surface area (Å²) in [6.07, 6.45) is 6.65. The number of nitrogens with two attached hydrogens (primary N) is 1. The molecule has 1 aliphatic heterocycles. The van der Waals surface area contributed by atoms with Crippen molar-refractivity contribution in [2.24, 2.45) is 11.7 Å². The van der Waals surface area contributed by atoms with Crippen LogP contribution in [0.25, 0.3) is 0 Å².